The normalized spacial score (nSPS) is 11.2. The van der Waals surface area contributed by atoms with E-state index in [0.29, 0.717) is 17.4 Å². The molecule has 0 amide bonds. The van der Waals surface area contributed by atoms with Crippen molar-refractivity contribution in [1.29, 1.82) is 0 Å². The first-order valence-electron chi connectivity index (χ1n) is 5.21. The summed E-state index contributed by atoms with van der Waals surface area (Å²) in [4.78, 5) is 8.50. The molecule has 0 saturated carbocycles. The first-order chi connectivity index (χ1) is 8.16. The van der Waals surface area contributed by atoms with Crippen molar-refractivity contribution in [3.05, 3.63) is 30.1 Å². The van der Waals surface area contributed by atoms with Crippen LogP contribution in [0.15, 0.2) is 24.3 Å². The summed E-state index contributed by atoms with van der Waals surface area (Å²) in [6.07, 6.45) is 0. The number of fused-ring (bicyclic) bond motifs is 3. The second-order valence-corrected chi connectivity index (χ2v) is 3.85. The van der Waals surface area contributed by atoms with E-state index in [0.717, 1.165) is 16.0 Å². The molecule has 0 saturated heterocycles. The van der Waals surface area contributed by atoms with Gasteiger partial charge in [0.05, 0.1) is 5.52 Å². The Morgan fingerprint density at radius 3 is 2.76 bits per heavy atom. The van der Waals surface area contributed by atoms with Gasteiger partial charge < -0.3 is 0 Å². The van der Waals surface area contributed by atoms with Gasteiger partial charge in [0.2, 0.25) is 0 Å². The molecule has 0 fully saturated rings. The van der Waals surface area contributed by atoms with Gasteiger partial charge in [-0.3, -0.25) is 5.21 Å². The van der Waals surface area contributed by atoms with Gasteiger partial charge >= 0.3 is 0 Å². The molecule has 6 nitrogen and oxygen atoms in total. The summed E-state index contributed by atoms with van der Waals surface area (Å²) in [6.45, 7) is 1.81. The Bertz CT molecular complexity index is 703. The Morgan fingerprint density at radius 2 is 2.00 bits per heavy atom. The second-order valence-electron chi connectivity index (χ2n) is 3.85. The average molecular weight is 229 g/mol. The molecular formula is C11H11N5O. The van der Waals surface area contributed by atoms with Crippen LogP contribution in [0.25, 0.3) is 16.7 Å². The average Bonchev–Trinajstić information content (AvgIpc) is 2.68. The van der Waals surface area contributed by atoms with E-state index in [1.165, 1.54) is 7.05 Å². The number of hydrogen-bond donors (Lipinski definition) is 1. The molecule has 1 N–H and O–H groups in total. The number of benzene rings is 1. The van der Waals surface area contributed by atoms with Crippen LogP contribution in [0.2, 0.25) is 0 Å². The molecule has 2 aromatic heterocycles. The molecule has 0 spiro atoms. The van der Waals surface area contributed by atoms with Crippen LogP contribution in [0.4, 0.5) is 5.82 Å². The molecule has 6 heteroatoms. The number of anilines is 1. The standard InChI is InChI=1S/C11H11N5O/c1-7-12-11-13-10(15(2)17)8-5-3-4-6-9(8)16(11)14-7/h3-6,17H,1-2H3. The van der Waals surface area contributed by atoms with Crippen molar-refractivity contribution in [2.24, 2.45) is 0 Å². The van der Waals surface area contributed by atoms with Crippen molar-refractivity contribution in [2.45, 2.75) is 6.92 Å². The zero-order valence-electron chi connectivity index (χ0n) is 9.49. The van der Waals surface area contributed by atoms with Crippen molar-refractivity contribution in [1.82, 2.24) is 19.6 Å². The highest BCUT2D eigenvalue weighted by Gasteiger charge is 2.12. The number of aromatic nitrogens is 4. The summed E-state index contributed by atoms with van der Waals surface area (Å²) < 4.78 is 1.68. The number of hydrogen-bond acceptors (Lipinski definition) is 5. The lowest BCUT2D eigenvalue weighted by Crippen LogP contribution is -2.13. The lowest BCUT2D eigenvalue weighted by molar-refractivity contribution is 0.277. The zero-order chi connectivity index (χ0) is 12.0. The summed E-state index contributed by atoms with van der Waals surface area (Å²) in [5, 5.41) is 15.7. The summed E-state index contributed by atoms with van der Waals surface area (Å²) in [7, 11) is 1.54. The maximum absolute atomic E-state index is 9.60. The molecule has 0 radical (unpaired) electrons. The van der Waals surface area contributed by atoms with Gasteiger partial charge in [-0.05, 0) is 19.1 Å². The Hall–Kier alpha value is -2.21. The Labute approximate surface area is 97.1 Å². The molecule has 0 bridgehead atoms. The van der Waals surface area contributed by atoms with E-state index in [1.54, 1.807) is 4.52 Å². The molecule has 0 aliphatic heterocycles. The molecule has 86 valence electrons. The predicted molar refractivity (Wildman–Crippen MR) is 63.2 cm³/mol. The van der Waals surface area contributed by atoms with Crippen molar-refractivity contribution in [3.8, 4) is 0 Å². The van der Waals surface area contributed by atoms with Crippen molar-refractivity contribution in [2.75, 3.05) is 12.1 Å². The smallest absolute Gasteiger partial charge is 0.255 e. The number of nitrogens with zero attached hydrogens (tertiary/aromatic N) is 5. The quantitative estimate of drug-likeness (QED) is 0.639. The molecule has 3 aromatic rings. The molecule has 17 heavy (non-hydrogen) atoms. The number of aryl methyl sites for hydroxylation is 1. The molecule has 0 aliphatic rings. The minimum atomic E-state index is 0.473. The lowest BCUT2D eigenvalue weighted by atomic mass is 10.2. The van der Waals surface area contributed by atoms with Gasteiger partial charge in [-0.1, -0.05) is 12.1 Å². The fourth-order valence-electron chi connectivity index (χ4n) is 1.89. The highest BCUT2D eigenvalue weighted by atomic mass is 16.5. The van der Waals surface area contributed by atoms with Gasteiger partial charge in [-0.2, -0.15) is 14.5 Å². The minimum absolute atomic E-state index is 0.473. The van der Waals surface area contributed by atoms with E-state index >= 15 is 0 Å². The lowest BCUT2D eigenvalue weighted by Gasteiger charge is -2.12. The van der Waals surface area contributed by atoms with Crippen molar-refractivity contribution < 1.29 is 5.21 Å². The number of para-hydroxylation sites is 1. The highest BCUT2D eigenvalue weighted by Crippen LogP contribution is 2.23. The van der Waals surface area contributed by atoms with Gasteiger partial charge in [0.25, 0.3) is 5.78 Å². The Balaban J connectivity index is 2.53. The third-order valence-corrected chi connectivity index (χ3v) is 2.58. The molecule has 2 heterocycles. The number of hydroxylamine groups is 1. The van der Waals surface area contributed by atoms with Gasteiger partial charge in [0, 0.05) is 12.4 Å². The van der Waals surface area contributed by atoms with E-state index in [2.05, 4.69) is 15.1 Å². The monoisotopic (exact) mass is 229 g/mol. The van der Waals surface area contributed by atoms with E-state index in [9.17, 15) is 5.21 Å². The van der Waals surface area contributed by atoms with Crippen LogP contribution < -0.4 is 5.06 Å². The van der Waals surface area contributed by atoms with Crippen LogP contribution >= 0.6 is 0 Å². The summed E-state index contributed by atoms with van der Waals surface area (Å²) in [5.74, 6) is 1.61. The van der Waals surface area contributed by atoms with Crippen LogP contribution in [-0.4, -0.2) is 31.8 Å². The minimum Gasteiger partial charge on any atom is -0.287 e. The predicted octanol–water partition coefficient (Wildman–Crippen LogP) is 1.41. The fourth-order valence-corrected chi connectivity index (χ4v) is 1.89. The Kier molecular flexibility index (Phi) is 1.99. The summed E-state index contributed by atoms with van der Waals surface area (Å²) in [6, 6.07) is 7.62. The maximum Gasteiger partial charge on any atom is 0.255 e. The van der Waals surface area contributed by atoms with Crippen molar-refractivity contribution >= 4 is 22.5 Å². The zero-order valence-corrected chi connectivity index (χ0v) is 9.49. The molecular weight excluding hydrogens is 218 g/mol. The summed E-state index contributed by atoms with van der Waals surface area (Å²) >= 11 is 0. The number of rotatable bonds is 1. The van der Waals surface area contributed by atoms with Gasteiger partial charge in [0.15, 0.2) is 5.82 Å². The van der Waals surface area contributed by atoms with Gasteiger partial charge in [-0.15, -0.1) is 5.10 Å². The van der Waals surface area contributed by atoms with Crippen LogP contribution in [0.3, 0.4) is 0 Å². The topological polar surface area (TPSA) is 66.5 Å². The first kappa shape index (κ1) is 9.98. The molecule has 0 unspecified atom stereocenters. The van der Waals surface area contributed by atoms with Gasteiger partial charge in [-0.25, -0.2) is 5.06 Å². The fraction of sp³-hybridized carbons (Fsp3) is 0.182. The largest absolute Gasteiger partial charge is 0.287 e. The molecule has 0 aliphatic carbocycles. The van der Waals surface area contributed by atoms with E-state index < -0.39 is 0 Å². The molecule has 3 rings (SSSR count). The van der Waals surface area contributed by atoms with Crippen molar-refractivity contribution in [3.63, 3.8) is 0 Å². The maximum atomic E-state index is 9.60. The first-order valence-corrected chi connectivity index (χ1v) is 5.21. The molecule has 1 aromatic carbocycles. The van der Waals surface area contributed by atoms with Crippen LogP contribution in [-0.2, 0) is 0 Å². The Morgan fingerprint density at radius 1 is 1.24 bits per heavy atom. The van der Waals surface area contributed by atoms with Crippen LogP contribution in [0.1, 0.15) is 5.82 Å². The molecule has 0 atom stereocenters. The van der Waals surface area contributed by atoms with E-state index in [4.69, 9.17) is 0 Å². The third kappa shape index (κ3) is 1.42. The van der Waals surface area contributed by atoms with Crippen LogP contribution in [0, 0.1) is 6.92 Å². The summed E-state index contributed by atoms with van der Waals surface area (Å²) in [5.41, 5.74) is 0.869. The third-order valence-electron chi connectivity index (χ3n) is 2.58. The van der Waals surface area contributed by atoms with Crippen LogP contribution in [0.5, 0.6) is 0 Å². The second kappa shape index (κ2) is 3.39. The van der Waals surface area contributed by atoms with E-state index in [1.807, 2.05) is 31.2 Å². The van der Waals surface area contributed by atoms with Gasteiger partial charge in [0.1, 0.15) is 5.82 Å². The highest BCUT2D eigenvalue weighted by molar-refractivity contribution is 5.90. The SMILES string of the molecule is Cc1nc2nc(N(C)O)c3ccccc3n2n1. The van der Waals surface area contributed by atoms with E-state index in [-0.39, 0.29) is 0 Å².